The fraction of sp³-hybridized carbons (Fsp3) is 0.458. The molecule has 7 nitrogen and oxygen atoms in total. The van der Waals surface area contributed by atoms with Crippen molar-refractivity contribution in [1.29, 1.82) is 0 Å². The molecule has 2 aliphatic rings. The van der Waals surface area contributed by atoms with Crippen LogP contribution in [0.3, 0.4) is 0 Å². The number of aromatic hydroxyl groups is 1. The van der Waals surface area contributed by atoms with Gasteiger partial charge in [0, 0.05) is 40.5 Å². The number of hydrazine groups is 1. The van der Waals surface area contributed by atoms with Crippen molar-refractivity contribution in [3.63, 3.8) is 0 Å². The lowest BCUT2D eigenvalue weighted by Crippen LogP contribution is -2.40. The molecule has 4 rings (SSSR count). The van der Waals surface area contributed by atoms with Crippen LogP contribution in [0.1, 0.15) is 42.9 Å². The number of hydrogen-bond donors (Lipinski definition) is 4. The van der Waals surface area contributed by atoms with E-state index in [0.29, 0.717) is 12.4 Å². The highest BCUT2D eigenvalue weighted by molar-refractivity contribution is 9.10. The summed E-state index contributed by atoms with van der Waals surface area (Å²) < 4.78 is 6.94. The number of nitrogens with two attached hydrogens (primary N) is 1. The number of piperidine rings is 1. The minimum atomic E-state index is -0.194. The lowest BCUT2D eigenvalue weighted by Gasteiger charge is -2.30. The van der Waals surface area contributed by atoms with Gasteiger partial charge in [0.15, 0.2) is 0 Å². The van der Waals surface area contributed by atoms with Crippen molar-refractivity contribution in [1.82, 2.24) is 15.8 Å². The van der Waals surface area contributed by atoms with Crippen LogP contribution in [0.15, 0.2) is 46.9 Å². The van der Waals surface area contributed by atoms with Gasteiger partial charge in [0.2, 0.25) is 5.91 Å². The van der Waals surface area contributed by atoms with Crippen LogP contribution in [0.2, 0.25) is 0 Å². The second kappa shape index (κ2) is 10.2. The number of amides is 1. The fourth-order valence-electron chi connectivity index (χ4n) is 4.74. The second-order valence-electron chi connectivity index (χ2n) is 8.72. The number of carbonyl (C=O) groups excluding carboxylic acids is 1. The highest BCUT2D eigenvalue weighted by atomic mass is 79.9. The molecule has 32 heavy (non-hydrogen) atoms. The molecule has 0 spiro atoms. The quantitative estimate of drug-likeness (QED) is 0.464. The van der Waals surface area contributed by atoms with E-state index < -0.39 is 0 Å². The normalized spacial score (nSPS) is 24.5. The number of phenolic OH excluding ortho intramolecular Hbond substituents is 1. The number of benzene rings is 2. The zero-order chi connectivity index (χ0) is 22.7. The van der Waals surface area contributed by atoms with Gasteiger partial charge in [-0.15, -0.1) is 0 Å². The molecule has 2 fully saturated rings. The van der Waals surface area contributed by atoms with Crippen molar-refractivity contribution in [3.05, 3.63) is 58.1 Å². The van der Waals surface area contributed by atoms with Crippen molar-refractivity contribution in [2.24, 2.45) is 11.7 Å². The number of likely N-dealkylation sites (tertiary alicyclic amines) is 1. The third-order valence-electron chi connectivity index (χ3n) is 6.62. The summed E-state index contributed by atoms with van der Waals surface area (Å²) in [6.45, 7) is 5.17. The predicted octanol–water partition coefficient (Wildman–Crippen LogP) is 3.05. The zero-order valence-corrected chi connectivity index (χ0v) is 19.8. The number of primary amides is 1. The van der Waals surface area contributed by atoms with E-state index >= 15 is 0 Å². The minimum absolute atomic E-state index is 0.000648. The molecule has 0 aromatic heterocycles. The summed E-state index contributed by atoms with van der Waals surface area (Å²) in [5.74, 6) is 0.862. The van der Waals surface area contributed by atoms with Crippen LogP contribution in [0, 0.1) is 5.92 Å². The summed E-state index contributed by atoms with van der Waals surface area (Å²) >= 11 is 3.50. The SMILES string of the molecule is CC1NNC(c2ccc(OCCN3CCC(C(N)=O)CC3)cc2O)C1c1ccc(Br)cc1. The molecular formula is C24H31BrN4O3. The monoisotopic (exact) mass is 502 g/mol. The molecule has 2 aromatic carbocycles. The largest absolute Gasteiger partial charge is 0.507 e. The van der Waals surface area contributed by atoms with Crippen LogP contribution in [0.4, 0.5) is 0 Å². The van der Waals surface area contributed by atoms with Gasteiger partial charge in [0.05, 0.1) is 6.04 Å². The average molecular weight is 503 g/mol. The molecule has 2 saturated heterocycles. The number of ether oxygens (including phenoxy) is 1. The summed E-state index contributed by atoms with van der Waals surface area (Å²) in [7, 11) is 0. The van der Waals surface area contributed by atoms with Gasteiger partial charge < -0.3 is 15.6 Å². The number of phenols is 1. The van der Waals surface area contributed by atoms with Crippen molar-refractivity contribution in [2.75, 3.05) is 26.2 Å². The Bertz CT molecular complexity index is 931. The second-order valence-corrected chi connectivity index (χ2v) is 9.64. The Morgan fingerprint density at radius 2 is 1.91 bits per heavy atom. The molecule has 0 saturated carbocycles. The maximum atomic E-state index is 11.3. The van der Waals surface area contributed by atoms with Gasteiger partial charge in [-0.2, -0.15) is 0 Å². The Kier molecular flexibility index (Phi) is 7.35. The zero-order valence-electron chi connectivity index (χ0n) is 18.3. The van der Waals surface area contributed by atoms with Gasteiger partial charge in [-0.25, -0.2) is 5.43 Å². The van der Waals surface area contributed by atoms with Crippen LogP contribution in [-0.4, -0.2) is 48.2 Å². The first-order valence-corrected chi connectivity index (χ1v) is 12.0. The number of halogens is 1. The molecular weight excluding hydrogens is 472 g/mol. The standard InChI is InChI=1S/C24H31BrN4O3/c1-15-22(16-2-4-18(25)5-3-16)23(28-27-15)20-7-6-19(14-21(20)30)32-13-12-29-10-8-17(9-11-29)24(26)31/h2-7,14-15,17,22-23,27-28,30H,8-13H2,1H3,(H2,26,31). The third kappa shape index (κ3) is 5.26. The topological polar surface area (TPSA) is 99.9 Å². The van der Waals surface area contributed by atoms with E-state index in [1.165, 1.54) is 5.56 Å². The number of nitrogens with zero attached hydrogens (tertiary/aromatic N) is 1. The molecule has 3 atom stereocenters. The van der Waals surface area contributed by atoms with Gasteiger partial charge in [-0.05, 0) is 56.6 Å². The first-order chi connectivity index (χ1) is 15.4. The third-order valence-corrected chi connectivity index (χ3v) is 7.15. The van der Waals surface area contributed by atoms with Crippen LogP contribution in [0.25, 0.3) is 0 Å². The lowest BCUT2D eigenvalue weighted by molar-refractivity contribution is -0.123. The van der Waals surface area contributed by atoms with Gasteiger partial charge in [-0.1, -0.05) is 34.1 Å². The molecule has 2 heterocycles. The molecule has 3 unspecified atom stereocenters. The predicted molar refractivity (Wildman–Crippen MR) is 127 cm³/mol. The summed E-state index contributed by atoms with van der Waals surface area (Å²) in [5.41, 5.74) is 14.1. The van der Waals surface area contributed by atoms with E-state index in [1.54, 1.807) is 6.07 Å². The molecule has 172 valence electrons. The molecule has 0 radical (unpaired) electrons. The first kappa shape index (κ1) is 23.0. The lowest BCUT2D eigenvalue weighted by atomic mass is 9.84. The Labute approximate surface area is 197 Å². The smallest absolute Gasteiger partial charge is 0.220 e. The van der Waals surface area contributed by atoms with E-state index in [2.05, 4.69) is 50.7 Å². The van der Waals surface area contributed by atoms with Crippen molar-refractivity contribution < 1.29 is 14.6 Å². The molecule has 8 heteroatoms. The molecule has 0 bridgehead atoms. The highest BCUT2D eigenvalue weighted by Crippen LogP contribution is 2.41. The molecule has 2 aromatic rings. The van der Waals surface area contributed by atoms with Gasteiger partial charge in [0.25, 0.3) is 0 Å². The summed E-state index contributed by atoms with van der Waals surface area (Å²) in [6.07, 6.45) is 1.62. The maximum absolute atomic E-state index is 11.3. The first-order valence-electron chi connectivity index (χ1n) is 11.2. The van der Waals surface area contributed by atoms with Gasteiger partial charge >= 0.3 is 0 Å². The Morgan fingerprint density at radius 3 is 2.56 bits per heavy atom. The summed E-state index contributed by atoms with van der Waals surface area (Å²) in [4.78, 5) is 13.6. The number of nitrogens with one attached hydrogen (secondary N) is 2. The van der Waals surface area contributed by atoms with E-state index in [9.17, 15) is 9.90 Å². The maximum Gasteiger partial charge on any atom is 0.220 e. The Balaban J connectivity index is 1.36. The number of carbonyl (C=O) groups is 1. The molecule has 1 amide bonds. The Hall–Kier alpha value is -2.13. The van der Waals surface area contributed by atoms with Crippen LogP contribution in [-0.2, 0) is 4.79 Å². The molecule has 0 aliphatic carbocycles. The van der Waals surface area contributed by atoms with Gasteiger partial charge in [-0.3, -0.25) is 15.1 Å². The van der Waals surface area contributed by atoms with E-state index in [0.717, 1.165) is 42.5 Å². The number of rotatable bonds is 7. The average Bonchev–Trinajstić information content (AvgIpc) is 3.16. The minimum Gasteiger partial charge on any atom is -0.507 e. The van der Waals surface area contributed by atoms with Crippen LogP contribution >= 0.6 is 15.9 Å². The van der Waals surface area contributed by atoms with Crippen LogP contribution < -0.4 is 21.3 Å². The van der Waals surface area contributed by atoms with Crippen molar-refractivity contribution in [3.8, 4) is 11.5 Å². The van der Waals surface area contributed by atoms with Crippen molar-refractivity contribution in [2.45, 2.75) is 37.8 Å². The molecule has 2 aliphatic heterocycles. The van der Waals surface area contributed by atoms with E-state index in [1.807, 2.05) is 24.3 Å². The van der Waals surface area contributed by atoms with Gasteiger partial charge in [0.1, 0.15) is 18.1 Å². The Morgan fingerprint density at radius 1 is 1.19 bits per heavy atom. The fourth-order valence-corrected chi connectivity index (χ4v) is 5.00. The summed E-state index contributed by atoms with van der Waals surface area (Å²) in [5, 5.41) is 10.8. The van der Waals surface area contributed by atoms with Crippen LogP contribution in [0.5, 0.6) is 11.5 Å². The van der Waals surface area contributed by atoms with Crippen molar-refractivity contribution >= 4 is 21.8 Å². The van der Waals surface area contributed by atoms with E-state index in [4.69, 9.17) is 10.5 Å². The highest BCUT2D eigenvalue weighted by Gasteiger charge is 2.36. The molecule has 5 N–H and O–H groups in total. The number of hydrogen-bond acceptors (Lipinski definition) is 6. The van der Waals surface area contributed by atoms with E-state index in [-0.39, 0.29) is 35.6 Å². The summed E-state index contributed by atoms with van der Waals surface area (Å²) in [6, 6.07) is 14.0.